The number of rotatable bonds is 7. The zero-order valence-corrected chi connectivity index (χ0v) is 11.7. The van der Waals surface area contributed by atoms with Gasteiger partial charge in [0, 0.05) is 19.7 Å². The molecule has 2 heteroatoms. The minimum absolute atomic E-state index is 0.480. The highest BCUT2D eigenvalue weighted by molar-refractivity contribution is 5.35. The lowest BCUT2D eigenvalue weighted by atomic mass is 10.1. The normalized spacial score (nSPS) is 15.7. The lowest BCUT2D eigenvalue weighted by Crippen LogP contribution is -2.32. The number of benzene rings is 1. The van der Waals surface area contributed by atoms with Crippen LogP contribution in [0.2, 0.25) is 0 Å². The van der Waals surface area contributed by atoms with Gasteiger partial charge in [0.15, 0.2) is 0 Å². The molecule has 100 valence electrons. The standard InChI is InChI=1S/C16H25NO/c1-3-5-16(12-18-2)17-11-13-8-9-14-6-4-7-15(14)10-13/h8-10,16-17H,3-7,11-12H2,1-2H3. The van der Waals surface area contributed by atoms with Crippen molar-refractivity contribution in [2.75, 3.05) is 13.7 Å². The lowest BCUT2D eigenvalue weighted by molar-refractivity contribution is 0.161. The molecular weight excluding hydrogens is 222 g/mol. The molecule has 0 fully saturated rings. The Morgan fingerprint density at radius 2 is 2.11 bits per heavy atom. The summed E-state index contributed by atoms with van der Waals surface area (Å²) in [6.45, 7) is 3.99. The van der Waals surface area contributed by atoms with Crippen LogP contribution >= 0.6 is 0 Å². The van der Waals surface area contributed by atoms with Gasteiger partial charge in [-0.25, -0.2) is 0 Å². The van der Waals surface area contributed by atoms with Crippen LogP contribution in [0.4, 0.5) is 0 Å². The molecule has 2 rings (SSSR count). The fourth-order valence-corrected chi connectivity index (χ4v) is 2.79. The Balaban J connectivity index is 1.88. The van der Waals surface area contributed by atoms with Crippen LogP contribution in [0.5, 0.6) is 0 Å². The first kappa shape index (κ1) is 13.6. The van der Waals surface area contributed by atoms with Crippen LogP contribution in [0.25, 0.3) is 0 Å². The first-order chi connectivity index (χ1) is 8.83. The van der Waals surface area contributed by atoms with Crippen LogP contribution in [0.15, 0.2) is 18.2 Å². The number of hydrogen-bond acceptors (Lipinski definition) is 2. The van der Waals surface area contributed by atoms with E-state index in [0.29, 0.717) is 6.04 Å². The highest BCUT2D eigenvalue weighted by atomic mass is 16.5. The molecule has 0 radical (unpaired) electrons. The van der Waals surface area contributed by atoms with Crippen molar-refractivity contribution < 1.29 is 4.74 Å². The number of hydrogen-bond donors (Lipinski definition) is 1. The molecule has 1 N–H and O–H groups in total. The smallest absolute Gasteiger partial charge is 0.0615 e. The number of fused-ring (bicyclic) bond motifs is 1. The summed E-state index contributed by atoms with van der Waals surface area (Å²) in [6.07, 6.45) is 6.24. The molecule has 0 spiro atoms. The van der Waals surface area contributed by atoms with Gasteiger partial charge in [-0.3, -0.25) is 0 Å². The molecule has 2 nitrogen and oxygen atoms in total. The van der Waals surface area contributed by atoms with E-state index in [1.807, 2.05) is 0 Å². The minimum Gasteiger partial charge on any atom is -0.383 e. The molecule has 1 unspecified atom stereocenters. The van der Waals surface area contributed by atoms with Gasteiger partial charge in [0.25, 0.3) is 0 Å². The Kier molecular flexibility index (Phi) is 5.21. The number of methoxy groups -OCH3 is 1. The van der Waals surface area contributed by atoms with Crippen molar-refractivity contribution in [3.63, 3.8) is 0 Å². The fourth-order valence-electron chi connectivity index (χ4n) is 2.79. The summed E-state index contributed by atoms with van der Waals surface area (Å²) in [4.78, 5) is 0. The predicted octanol–water partition coefficient (Wildman–Crippen LogP) is 3.08. The van der Waals surface area contributed by atoms with E-state index in [1.54, 1.807) is 18.2 Å². The summed E-state index contributed by atoms with van der Waals surface area (Å²) in [5, 5.41) is 3.60. The molecule has 0 bridgehead atoms. The van der Waals surface area contributed by atoms with Crippen LogP contribution in [0.1, 0.15) is 42.9 Å². The predicted molar refractivity (Wildman–Crippen MR) is 75.9 cm³/mol. The molecule has 18 heavy (non-hydrogen) atoms. The van der Waals surface area contributed by atoms with E-state index in [-0.39, 0.29) is 0 Å². The zero-order chi connectivity index (χ0) is 12.8. The number of ether oxygens (including phenoxy) is 1. The molecule has 0 aliphatic heterocycles. The Morgan fingerprint density at radius 1 is 1.28 bits per heavy atom. The summed E-state index contributed by atoms with van der Waals surface area (Å²) in [7, 11) is 1.78. The van der Waals surface area contributed by atoms with E-state index in [9.17, 15) is 0 Å². The van der Waals surface area contributed by atoms with E-state index in [2.05, 4.69) is 30.4 Å². The average Bonchev–Trinajstić information content (AvgIpc) is 2.84. The highest BCUT2D eigenvalue weighted by Crippen LogP contribution is 2.22. The van der Waals surface area contributed by atoms with Crippen molar-refractivity contribution in [3.05, 3.63) is 34.9 Å². The molecule has 0 saturated heterocycles. The maximum atomic E-state index is 5.26. The molecule has 1 aromatic rings. The highest BCUT2D eigenvalue weighted by Gasteiger charge is 2.11. The van der Waals surface area contributed by atoms with Crippen molar-refractivity contribution in [1.82, 2.24) is 5.32 Å². The van der Waals surface area contributed by atoms with Crippen molar-refractivity contribution in [2.24, 2.45) is 0 Å². The fraction of sp³-hybridized carbons (Fsp3) is 0.625. The van der Waals surface area contributed by atoms with Gasteiger partial charge in [-0.2, -0.15) is 0 Å². The molecule has 0 amide bonds. The third-order valence-corrected chi connectivity index (χ3v) is 3.76. The van der Waals surface area contributed by atoms with Gasteiger partial charge in [-0.05, 0) is 42.4 Å². The third-order valence-electron chi connectivity index (χ3n) is 3.76. The molecule has 1 aromatic carbocycles. The summed E-state index contributed by atoms with van der Waals surface area (Å²) in [5.74, 6) is 0. The number of nitrogens with one attached hydrogen (secondary N) is 1. The zero-order valence-electron chi connectivity index (χ0n) is 11.7. The van der Waals surface area contributed by atoms with Gasteiger partial charge < -0.3 is 10.1 Å². The van der Waals surface area contributed by atoms with Crippen LogP contribution in [-0.2, 0) is 24.1 Å². The van der Waals surface area contributed by atoms with Gasteiger partial charge in [-0.15, -0.1) is 0 Å². The van der Waals surface area contributed by atoms with Gasteiger partial charge in [0.1, 0.15) is 0 Å². The largest absolute Gasteiger partial charge is 0.383 e. The summed E-state index contributed by atoms with van der Waals surface area (Å²) in [5.41, 5.74) is 4.53. The van der Waals surface area contributed by atoms with Crippen molar-refractivity contribution in [1.29, 1.82) is 0 Å². The summed E-state index contributed by atoms with van der Waals surface area (Å²) in [6, 6.07) is 7.44. The molecular formula is C16H25NO. The topological polar surface area (TPSA) is 21.3 Å². The molecule has 0 saturated carbocycles. The van der Waals surface area contributed by atoms with E-state index in [1.165, 1.54) is 37.7 Å². The Morgan fingerprint density at radius 3 is 2.89 bits per heavy atom. The molecule has 1 aliphatic rings. The van der Waals surface area contributed by atoms with Gasteiger partial charge in [0.05, 0.1) is 6.61 Å². The number of aryl methyl sites for hydroxylation is 2. The molecule has 0 aromatic heterocycles. The Hall–Kier alpha value is -0.860. The Labute approximate surface area is 111 Å². The third kappa shape index (κ3) is 3.56. The van der Waals surface area contributed by atoms with E-state index in [4.69, 9.17) is 4.74 Å². The second kappa shape index (κ2) is 6.91. The summed E-state index contributed by atoms with van der Waals surface area (Å²) < 4.78 is 5.26. The Bertz CT molecular complexity index is 369. The van der Waals surface area contributed by atoms with E-state index < -0.39 is 0 Å². The summed E-state index contributed by atoms with van der Waals surface area (Å²) >= 11 is 0. The molecule has 1 aliphatic carbocycles. The first-order valence-electron chi connectivity index (χ1n) is 7.16. The van der Waals surface area contributed by atoms with Gasteiger partial charge >= 0.3 is 0 Å². The first-order valence-corrected chi connectivity index (χ1v) is 7.16. The van der Waals surface area contributed by atoms with Crippen LogP contribution in [-0.4, -0.2) is 19.8 Å². The van der Waals surface area contributed by atoms with Gasteiger partial charge in [0.2, 0.25) is 0 Å². The monoisotopic (exact) mass is 247 g/mol. The second-order valence-corrected chi connectivity index (χ2v) is 5.28. The maximum Gasteiger partial charge on any atom is 0.0615 e. The quantitative estimate of drug-likeness (QED) is 0.799. The molecule has 0 heterocycles. The minimum atomic E-state index is 0.480. The molecule has 1 atom stereocenters. The maximum absolute atomic E-state index is 5.26. The SMILES string of the molecule is CCCC(COC)NCc1ccc2c(c1)CCC2. The van der Waals surface area contributed by atoms with Crippen molar-refractivity contribution in [2.45, 2.75) is 51.6 Å². The lowest BCUT2D eigenvalue weighted by Gasteiger charge is -2.17. The van der Waals surface area contributed by atoms with Gasteiger partial charge in [-0.1, -0.05) is 31.5 Å². The van der Waals surface area contributed by atoms with E-state index in [0.717, 1.165) is 13.2 Å². The van der Waals surface area contributed by atoms with E-state index >= 15 is 0 Å². The van der Waals surface area contributed by atoms with Crippen LogP contribution in [0, 0.1) is 0 Å². The average molecular weight is 247 g/mol. The van der Waals surface area contributed by atoms with Crippen molar-refractivity contribution >= 4 is 0 Å². The van der Waals surface area contributed by atoms with Crippen LogP contribution in [0.3, 0.4) is 0 Å². The van der Waals surface area contributed by atoms with Crippen molar-refractivity contribution in [3.8, 4) is 0 Å². The van der Waals surface area contributed by atoms with Crippen LogP contribution < -0.4 is 5.32 Å². The second-order valence-electron chi connectivity index (χ2n) is 5.28.